The molecule has 1 fully saturated rings. The Morgan fingerprint density at radius 3 is 2.81 bits per heavy atom. The summed E-state index contributed by atoms with van der Waals surface area (Å²) in [6.07, 6.45) is 2.83. The van der Waals surface area contributed by atoms with Crippen molar-refractivity contribution in [3.63, 3.8) is 0 Å². The Morgan fingerprint density at radius 1 is 1.15 bits per heavy atom. The Labute approximate surface area is 166 Å². The van der Waals surface area contributed by atoms with Crippen LogP contribution in [0.3, 0.4) is 0 Å². The van der Waals surface area contributed by atoms with E-state index in [0.29, 0.717) is 22.3 Å². The second-order valence-corrected chi connectivity index (χ2v) is 7.33. The number of rotatable bonds is 5. The van der Waals surface area contributed by atoms with E-state index in [0.717, 1.165) is 16.8 Å². The number of nitrogens with one attached hydrogen (secondary N) is 2. The maximum atomic E-state index is 12.7. The molecule has 138 valence electrons. The third kappa shape index (κ3) is 3.46. The van der Waals surface area contributed by atoms with Crippen LogP contribution < -0.4 is 10.2 Å². The van der Waals surface area contributed by atoms with Gasteiger partial charge in [-0.25, -0.2) is 4.90 Å². The van der Waals surface area contributed by atoms with Gasteiger partial charge in [0.25, 0.3) is 5.91 Å². The predicted molar refractivity (Wildman–Crippen MR) is 107 cm³/mol. The lowest BCUT2D eigenvalue weighted by Gasteiger charge is -2.17. The molecular formula is C20H17Cl2N3O2. The zero-order valence-electron chi connectivity index (χ0n) is 14.3. The Bertz CT molecular complexity index is 1030. The molecule has 2 N–H and O–H groups in total. The van der Waals surface area contributed by atoms with Crippen molar-refractivity contribution in [1.82, 2.24) is 10.3 Å². The molecule has 0 bridgehead atoms. The van der Waals surface area contributed by atoms with E-state index in [-0.39, 0.29) is 18.2 Å². The first kappa shape index (κ1) is 18.0. The van der Waals surface area contributed by atoms with Gasteiger partial charge in [-0.05, 0) is 36.2 Å². The summed E-state index contributed by atoms with van der Waals surface area (Å²) in [7, 11) is 0. The minimum absolute atomic E-state index is 0.107. The van der Waals surface area contributed by atoms with Gasteiger partial charge in [-0.1, -0.05) is 41.4 Å². The van der Waals surface area contributed by atoms with E-state index in [4.69, 9.17) is 23.2 Å². The van der Waals surface area contributed by atoms with Gasteiger partial charge >= 0.3 is 0 Å². The lowest BCUT2D eigenvalue weighted by atomic mass is 10.1. The van der Waals surface area contributed by atoms with Crippen molar-refractivity contribution in [3.8, 4) is 0 Å². The maximum Gasteiger partial charge on any atom is 0.251 e. The highest BCUT2D eigenvalue weighted by atomic mass is 35.5. The molecule has 1 saturated heterocycles. The van der Waals surface area contributed by atoms with Gasteiger partial charge < -0.3 is 10.3 Å². The van der Waals surface area contributed by atoms with Crippen LogP contribution in [0.25, 0.3) is 10.9 Å². The molecule has 2 aromatic carbocycles. The summed E-state index contributed by atoms with van der Waals surface area (Å²) < 4.78 is 0. The van der Waals surface area contributed by atoms with Crippen LogP contribution >= 0.6 is 23.2 Å². The molecule has 1 atom stereocenters. The number of hydrogen-bond donors (Lipinski definition) is 2. The zero-order chi connectivity index (χ0) is 19.0. The van der Waals surface area contributed by atoms with Crippen molar-refractivity contribution in [2.24, 2.45) is 0 Å². The van der Waals surface area contributed by atoms with Gasteiger partial charge in [0.05, 0.1) is 23.2 Å². The molecule has 0 saturated carbocycles. The number of benzene rings is 2. The number of aromatic amines is 1. The van der Waals surface area contributed by atoms with Crippen LogP contribution in [0.15, 0.2) is 48.7 Å². The van der Waals surface area contributed by atoms with Gasteiger partial charge in [-0.3, -0.25) is 9.59 Å². The molecular weight excluding hydrogens is 385 g/mol. The van der Waals surface area contributed by atoms with E-state index in [1.807, 2.05) is 24.4 Å². The summed E-state index contributed by atoms with van der Waals surface area (Å²) in [5.74, 6) is -0.586. The fraction of sp³-hybridized carbons (Fsp3) is 0.200. The quantitative estimate of drug-likeness (QED) is 0.636. The summed E-state index contributed by atoms with van der Waals surface area (Å²) in [6, 6.07) is 12.3. The lowest BCUT2D eigenvalue weighted by Crippen LogP contribution is -2.39. The molecule has 3 aromatic rings. The molecule has 27 heavy (non-hydrogen) atoms. The number of aromatic nitrogens is 1. The van der Waals surface area contributed by atoms with E-state index in [9.17, 15) is 9.59 Å². The van der Waals surface area contributed by atoms with Crippen LogP contribution in [-0.2, 0) is 16.0 Å². The molecule has 1 aliphatic heterocycles. The van der Waals surface area contributed by atoms with Gasteiger partial charge in [0.1, 0.15) is 0 Å². The van der Waals surface area contributed by atoms with Crippen LogP contribution in [0, 0.1) is 0 Å². The van der Waals surface area contributed by atoms with Crippen LogP contribution in [0.1, 0.15) is 12.0 Å². The Balaban J connectivity index is 1.44. The first-order chi connectivity index (χ1) is 13.0. The number of imide groups is 1. The average Bonchev–Trinajstić information content (AvgIpc) is 3.19. The van der Waals surface area contributed by atoms with Crippen LogP contribution in [0.4, 0.5) is 5.69 Å². The Morgan fingerprint density at radius 2 is 1.96 bits per heavy atom. The first-order valence-electron chi connectivity index (χ1n) is 8.65. The summed E-state index contributed by atoms with van der Waals surface area (Å²) in [6.45, 7) is 0.586. The van der Waals surface area contributed by atoms with Crippen LogP contribution in [0.2, 0.25) is 10.0 Å². The number of H-pyrrole nitrogens is 1. The fourth-order valence-electron chi connectivity index (χ4n) is 3.42. The Hall–Kier alpha value is -2.34. The number of halogens is 2. The van der Waals surface area contributed by atoms with Gasteiger partial charge in [0.15, 0.2) is 0 Å². The van der Waals surface area contributed by atoms with E-state index < -0.39 is 6.04 Å². The van der Waals surface area contributed by atoms with Crippen LogP contribution in [-0.4, -0.2) is 29.4 Å². The summed E-state index contributed by atoms with van der Waals surface area (Å²) in [4.78, 5) is 29.5. The van der Waals surface area contributed by atoms with E-state index in [1.165, 1.54) is 17.0 Å². The summed E-state index contributed by atoms with van der Waals surface area (Å²) >= 11 is 12.1. The van der Waals surface area contributed by atoms with Gasteiger partial charge in [-0.15, -0.1) is 0 Å². The second-order valence-electron chi connectivity index (χ2n) is 6.48. The fourth-order valence-corrected chi connectivity index (χ4v) is 3.79. The molecule has 1 aliphatic rings. The number of carbonyl (C=O) groups excluding carboxylic acids is 2. The molecule has 0 aliphatic carbocycles. The average molecular weight is 402 g/mol. The monoisotopic (exact) mass is 401 g/mol. The van der Waals surface area contributed by atoms with Gasteiger partial charge in [0.2, 0.25) is 5.91 Å². The third-order valence-electron chi connectivity index (χ3n) is 4.76. The van der Waals surface area contributed by atoms with E-state index in [1.54, 1.807) is 12.1 Å². The maximum absolute atomic E-state index is 12.7. The van der Waals surface area contributed by atoms with Gasteiger partial charge in [0, 0.05) is 28.7 Å². The largest absolute Gasteiger partial charge is 0.361 e. The number of hydrogen-bond acceptors (Lipinski definition) is 3. The van der Waals surface area contributed by atoms with E-state index >= 15 is 0 Å². The highest BCUT2D eigenvalue weighted by Crippen LogP contribution is 2.32. The molecule has 7 heteroatoms. The van der Waals surface area contributed by atoms with E-state index in [2.05, 4.69) is 16.4 Å². The second kappa shape index (κ2) is 7.35. The molecule has 1 aromatic heterocycles. The number of amides is 2. The molecule has 5 nitrogen and oxygen atoms in total. The van der Waals surface area contributed by atoms with Crippen molar-refractivity contribution >= 4 is 51.6 Å². The number of anilines is 1. The number of para-hydroxylation sites is 1. The predicted octanol–water partition coefficient (Wildman–Crippen LogP) is 3.94. The molecule has 0 spiro atoms. The molecule has 2 heterocycles. The highest BCUT2D eigenvalue weighted by Gasteiger charge is 2.40. The first-order valence-corrected chi connectivity index (χ1v) is 9.40. The van der Waals surface area contributed by atoms with Crippen molar-refractivity contribution in [2.75, 3.05) is 11.4 Å². The SMILES string of the molecule is O=C1C[C@@H](NCCc2c[nH]c3ccccc23)C(=O)N1c1cc(Cl)ccc1Cl. The summed E-state index contributed by atoms with van der Waals surface area (Å²) in [5, 5.41) is 5.11. The molecule has 0 unspecified atom stereocenters. The van der Waals surface area contributed by atoms with Crippen LogP contribution in [0.5, 0.6) is 0 Å². The highest BCUT2D eigenvalue weighted by molar-refractivity contribution is 6.37. The molecule has 2 amide bonds. The van der Waals surface area contributed by atoms with Crippen molar-refractivity contribution in [1.29, 1.82) is 0 Å². The summed E-state index contributed by atoms with van der Waals surface area (Å²) in [5.41, 5.74) is 2.59. The third-order valence-corrected chi connectivity index (χ3v) is 5.31. The van der Waals surface area contributed by atoms with Crippen molar-refractivity contribution < 1.29 is 9.59 Å². The zero-order valence-corrected chi connectivity index (χ0v) is 15.8. The smallest absolute Gasteiger partial charge is 0.251 e. The minimum atomic E-state index is -0.558. The standard InChI is InChI=1S/C20H17Cl2N3O2/c21-13-5-6-15(22)18(9-13)25-19(26)10-17(20(25)27)23-8-7-12-11-24-16-4-2-1-3-14(12)16/h1-6,9,11,17,23-24H,7-8,10H2/t17-/m1/s1. The molecule has 4 rings (SSSR count). The number of fused-ring (bicyclic) bond motifs is 1. The van der Waals surface area contributed by atoms with Crippen molar-refractivity contribution in [3.05, 3.63) is 64.3 Å². The number of carbonyl (C=O) groups is 2. The number of nitrogens with zero attached hydrogens (tertiary/aromatic N) is 1. The Kier molecular flexibility index (Phi) is 4.91. The normalized spacial score (nSPS) is 17.3. The van der Waals surface area contributed by atoms with Gasteiger partial charge in [-0.2, -0.15) is 0 Å². The minimum Gasteiger partial charge on any atom is -0.361 e. The lowest BCUT2D eigenvalue weighted by molar-refractivity contribution is -0.121. The van der Waals surface area contributed by atoms with Crippen molar-refractivity contribution in [2.45, 2.75) is 18.9 Å². The molecule has 0 radical (unpaired) electrons. The topological polar surface area (TPSA) is 65.2 Å².